The average Bonchev–Trinajstić information content (AvgIpc) is 2.83. The molecule has 1 atom stereocenters. The number of hydrogen-bond acceptors (Lipinski definition) is 3. The first-order valence-electron chi connectivity index (χ1n) is 6.77. The van der Waals surface area contributed by atoms with E-state index in [1.807, 2.05) is 0 Å². The highest BCUT2D eigenvalue weighted by molar-refractivity contribution is 5.82. The van der Waals surface area contributed by atoms with Gasteiger partial charge >= 0.3 is 0 Å². The molecular weight excluding hydrogens is 216 g/mol. The third-order valence-corrected chi connectivity index (χ3v) is 4.12. The summed E-state index contributed by atoms with van der Waals surface area (Å²) in [4.78, 5) is 12.1. The summed E-state index contributed by atoms with van der Waals surface area (Å²) in [6.07, 6.45) is 4.11. The first-order chi connectivity index (χ1) is 8.21. The lowest BCUT2D eigenvalue weighted by Crippen LogP contribution is -2.46. The molecule has 2 aliphatic heterocycles. The molecule has 0 aliphatic carbocycles. The number of carbonyl (C=O) groups excluding carboxylic acids is 1. The van der Waals surface area contributed by atoms with E-state index in [-0.39, 0.29) is 11.3 Å². The second kappa shape index (κ2) is 5.83. The average molecular weight is 240 g/mol. The second-order valence-electron chi connectivity index (χ2n) is 5.58. The van der Waals surface area contributed by atoms with Crippen LogP contribution in [0.2, 0.25) is 0 Å². The molecule has 2 heterocycles. The minimum absolute atomic E-state index is 0.155. The van der Waals surface area contributed by atoms with E-state index in [0.29, 0.717) is 5.92 Å². The third-order valence-electron chi connectivity index (χ3n) is 4.12. The van der Waals surface area contributed by atoms with Crippen molar-refractivity contribution in [2.75, 3.05) is 32.8 Å². The Morgan fingerprint density at radius 3 is 2.88 bits per heavy atom. The zero-order valence-corrected chi connectivity index (χ0v) is 10.8. The van der Waals surface area contributed by atoms with E-state index in [4.69, 9.17) is 4.74 Å². The fourth-order valence-electron chi connectivity index (χ4n) is 2.62. The SMILES string of the molecule is CC1(C(=O)NCCC2CCOC2)CCNCC1. The van der Waals surface area contributed by atoms with E-state index < -0.39 is 0 Å². The predicted molar refractivity (Wildman–Crippen MR) is 66.8 cm³/mol. The van der Waals surface area contributed by atoms with Crippen molar-refractivity contribution in [3.8, 4) is 0 Å². The number of ether oxygens (including phenoxy) is 1. The highest BCUT2D eigenvalue weighted by Gasteiger charge is 2.34. The molecule has 0 aromatic carbocycles. The maximum Gasteiger partial charge on any atom is 0.226 e. The molecule has 0 saturated carbocycles. The van der Waals surface area contributed by atoms with Crippen LogP contribution in [0.3, 0.4) is 0 Å². The second-order valence-corrected chi connectivity index (χ2v) is 5.58. The standard InChI is InChI=1S/C13H24N2O2/c1-13(4-7-14-8-5-13)12(16)15-6-2-11-3-9-17-10-11/h11,14H,2-10H2,1H3,(H,15,16). The van der Waals surface area contributed by atoms with Gasteiger partial charge in [-0.2, -0.15) is 0 Å². The van der Waals surface area contributed by atoms with Gasteiger partial charge in [0.2, 0.25) is 5.91 Å². The molecule has 2 rings (SSSR count). The van der Waals surface area contributed by atoms with E-state index >= 15 is 0 Å². The first kappa shape index (κ1) is 12.8. The van der Waals surface area contributed by atoms with E-state index in [1.165, 1.54) is 0 Å². The Bertz CT molecular complexity index is 256. The van der Waals surface area contributed by atoms with Crippen LogP contribution in [0.15, 0.2) is 0 Å². The molecular formula is C13H24N2O2. The lowest BCUT2D eigenvalue weighted by atomic mass is 9.80. The van der Waals surface area contributed by atoms with Gasteiger partial charge in [0.05, 0.1) is 0 Å². The lowest BCUT2D eigenvalue weighted by Gasteiger charge is -2.32. The molecule has 0 aromatic rings. The molecule has 1 amide bonds. The number of piperidine rings is 1. The van der Waals surface area contributed by atoms with Crippen molar-refractivity contribution < 1.29 is 9.53 Å². The van der Waals surface area contributed by atoms with Crippen LogP contribution in [-0.2, 0) is 9.53 Å². The summed E-state index contributed by atoms with van der Waals surface area (Å²) in [5, 5.41) is 6.40. The monoisotopic (exact) mass is 240 g/mol. The Morgan fingerprint density at radius 2 is 2.24 bits per heavy atom. The van der Waals surface area contributed by atoms with Gasteiger partial charge in [0.1, 0.15) is 0 Å². The molecule has 2 N–H and O–H groups in total. The van der Waals surface area contributed by atoms with Gasteiger partial charge in [0, 0.05) is 25.2 Å². The number of nitrogens with one attached hydrogen (secondary N) is 2. The third kappa shape index (κ3) is 3.42. The van der Waals surface area contributed by atoms with Crippen LogP contribution < -0.4 is 10.6 Å². The topological polar surface area (TPSA) is 50.4 Å². The summed E-state index contributed by atoms with van der Waals surface area (Å²) in [6.45, 7) is 6.57. The van der Waals surface area contributed by atoms with Crippen molar-refractivity contribution in [3.05, 3.63) is 0 Å². The Kier molecular flexibility index (Phi) is 4.40. The van der Waals surface area contributed by atoms with E-state index in [9.17, 15) is 4.79 Å². The van der Waals surface area contributed by atoms with E-state index in [0.717, 1.165) is 58.5 Å². The summed E-state index contributed by atoms with van der Waals surface area (Å²) < 4.78 is 5.33. The van der Waals surface area contributed by atoms with Crippen molar-refractivity contribution in [1.82, 2.24) is 10.6 Å². The van der Waals surface area contributed by atoms with E-state index in [1.54, 1.807) is 0 Å². The fraction of sp³-hybridized carbons (Fsp3) is 0.923. The van der Waals surface area contributed by atoms with Gasteiger partial charge in [-0.3, -0.25) is 4.79 Å². The quantitative estimate of drug-likeness (QED) is 0.768. The summed E-state index contributed by atoms with van der Waals surface area (Å²) in [5.41, 5.74) is -0.155. The van der Waals surface area contributed by atoms with Gasteiger partial charge < -0.3 is 15.4 Å². The number of amides is 1. The van der Waals surface area contributed by atoms with Gasteiger partial charge in [-0.1, -0.05) is 6.92 Å². The fourth-order valence-corrected chi connectivity index (χ4v) is 2.62. The van der Waals surface area contributed by atoms with Crippen LogP contribution in [0.25, 0.3) is 0 Å². The van der Waals surface area contributed by atoms with Crippen LogP contribution in [0.5, 0.6) is 0 Å². The highest BCUT2D eigenvalue weighted by atomic mass is 16.5. The Hall–Kier alpha value is -0.610. The van der Waals surface area contributed by atoms with Crippen LogP contribution in [0, 0.1) is 11.3 Å². The molecule has 2 aliphatic rings. The molecule has 98 valence electrons. The maximum atomic E-state index is 12.1. The van der Waals surface area contributed by atoms with Gasteiger partial charge in [-0.15, -0.1) is 0 Å². The zero-order chi connectivity index (χ0) is 12.1. The van der Waals surface area contributed by atoms with Gasteiger partial charge in [0.25, 0.3) is 0 Å². The Balaban J connectivity index is 1.68. The van der Waals surface area contributed by atoms with Crippen molar-refractivity contribution in [3.63, 3.8) is 0 Å². The lowest BCUT2D eigenvalue weighted by molar-refractivity contribution is -0.131. The van der Waals surface area contributed by atoms with Crippen LogP contribution in [0.1, 0.15) is 32.6 Å². The molecule has 4 nitrogen and oxygen atoms in total. The van der Waals surface area contributed by atoms with Crippen molar-refractivity contribution in [2.45, 2.75) is 32.6 Å². The molecule has 1 unspecified atom stereocenters. The minimum Gasteiger partial charge on any atom is -0.381 e. The first-order valence-corrected chi connectivity index (χ1v) is 6.77. The maximum absolute atomic E-state index is 12.1. The minimum atomic E-state index is -0.155. The van der Waals surface area contributed by atoms with Crippen molar-refractivity contribution in [2.24, 2.45) is 11.3 Å². The van der Waals surface area contributed by atoms with Crippen molar-refractivity contribution >= 4 is 5.91 Å². The smallest absolute Gasteiger partial charge is 0.226 e. The number of carbonyl (C=O) groups is 1. The highest BCUT2D eigenvalue weighted by Crippen LogP contribution is 2.28. The summed E-state index contributed by atoms with van der Waals surface area (Å²) in [6, 6.07) is 0. The Labute approximate surface area is 103 Å². The number of rotatable bonds is 4. The van der Waals surface area contributed by atoms with Gasteiger partial charge in [-0.05, 0) is 44.7 Å². The Morgan fingerprint density at radius 1 is 1.47 bits per heavy atom. The van der Waals surface area contributed by atoms with E-state index in [2.05, 4.69) is 17.6 Å². The molecule has 4 heteroatoms. The molecule has 17 heavy (non-hydrogen) atoms. The molecule has 0 radical (unpaired) electrons. The molecule has 0 bridgehead atoms. The molecule has 0 spiro atoms. The summed E-state index contributed by atoms with van der Waals surface area (Å²) >= 11 is 0. The van der Waals surface area contributed by atoms with Crippen LogP contribution in [0.4, 0.5) is 0 Å². The summed E-state index contributed by atoms with van der Waals surface area (Å²) in [5.74, 6) is 0.883. The summed E-state index contributed by atoms with van der Waals surface area (Å²) in [7, 11) is 0. The van der Waals surface area contributed by atoms with Crippen LogP contribution >= 0.6 is 0 Å². The molecule has 0 aromatic heterocycles. The largest absolute Gasteiger partial charge is 0.381 e. The van der Waals surface area contributed by atoms with Gasteiger partial charge in [0.15, 0.2) is 0 Å². The van der Waals surface area contributed by atoms with Crippen molar-refractivity contribution in [1.29, 1.82) is 0 Å². The molecule has 2 saturated heterocycles. The van der Waals surface area contributed by atoms with Gasteiger partial charge in [-0.25, -0.2) is 0 Å². The zero-order valence-electron chi connectivity index (χ0n) is 10.8. The predicted octanol–water partition coefficient (Wildman–Crippen LogP) is 0.919. The molecule has 2 fully saturated rings. The normalized spacial score (nSPS) is 27.9. The van der Waals surface area contributed by atoms with Crippen LogP contribution in [-0.4, -0.2) is 38.8 Å². The number of hydrogen-bond donors (Lipinski definition) is 2.